The number of hydrogen-bond donors (Lipinski definition) is 1. The molecular weight excluding hydrogens is 329 g/mol. The fraction of sp³-hybridized carbons (Fsp3) is 0.429. The average Bonchev–Trinajstić information content (AvgIpc) is 2.67. The number of piperidine rings is 1. The van der Waals surface area contributed by atoms with E-state index < -0.39 is 0 Å². The van der Waals surface area contributed by atoms with Crippen molar-refractivity contribution in [1.29, 1.82) is 0 Å². The number of nitrogens with zero attached hydrogens (tertiary/aromatic N) is 2. The molecule has 1 unspecified atom stereocenters. The van der Waals surface area contributed by atoms with Crippen LogP contribution in [0.4, 0.5) is 4.39 Å². The van der Waals surface area contributed by atoms with Crippen LogP contribution in [0.1, 0.15) is 42.6 Å². The highest BCUT2D eigenvalue weighted by atomic mass is 19.1. The van der Waals surface area contributed by atoms with Gasteiger partial charge in [0.05, 0.1) is 11.7 Å². The van der Waals surface area contributed by atoms with Gasteiger partial charge in [-0.2, -0.15) is 0 Å². The Morgan fingerprint density at radius 3 is 2.58 bits per heavy atom. The molecule has 1 N–H and O–H groups in total. The molecule has 1 fully saturated rings. The Hall–Kier alpha value is -2.27. The smallest absolute Gasteiger partial charge is 0.224 e. The van der Waals surface area contributed by atoms with Crippen LogP contribution in [0.2, 0.25) is 0 Å². The largest absolute Gasteiger partial charge is 0.343 e. The Kier molecular flexibility index (Phi) is 5.99. The molecule has 1 aliphatic heterocycles. The van der Waals surface area contributed by atoms with E-state index in [-0.39, 0.29) is 23.7 Å². The second-order valence-corrected chi connectivity index (χ2v) is 6.91. The number of hydrogen-bond acceptors (Lipinski definition) is 3. The third-order valence-electron chi connectivity index (χ3n) is 5.22. The van der Waals surface area contributed by atoms with Crippen molar-refractivity contribution in [3.8, 4) is 0 Å². The van der Waals surface area contributed by atoms with E-state index in [4.69, 9.17) is 0 Å². The van der Waals surface area contributed by atoms with Crippen molar-refractivity contribution >= 4 is 5.91 Å². The molecule has 5 heteroatoms. The summed E-state index contributed by atoms with van der Waals surface area (Å²) in [6, 6.07) is 9.77. The van der Waals surface area contributed by atoms with Crippen molar-refractivity contribution in [3.63, 3.8) is 0 Å². The minimum absolute atomic E-state index is 0.0183. The van der Waals surface area contributed by atoms with Crippen LogP contribution in [-0.4, -0.2) is 35.4 Å². The van der Waals surface area contributed by atoms with Gasteiger partial charge in [-0.25, -0.2) is 4.39 Å². The van der Waals surface area contributed by atoms with E-state index in [1.54, 1.807) is 18.3 Å². The molecular formula is C21H26FN3O. The summed E-state index contributed by atoms with van der Waals surface area (Å²) in [5.41, 5.74) is 2.65. The molecule has 1 aromatic carbocycles. The zero-order valence-electron chi connectivity index (χ0n) is 15.4. The molecule has 26 heavy (non-hydrogen) atoms. The predicted molar refractivity (Wildman–Crippen MR) is 100 cm³/mol. The maximum absolute atomic E-state index is 13.3. The Bertz CT molecular complexity index is 739. The monoisotopic (exact) mass is 355 g/mol. The second kappa shape index (κ2) is 8.41. The zero-order chi connectivity index (χ0) is 18.5. The van der Waals surface area contributed by atoms with Crippen LogP contribution < -0.4 is 5.32 Å². The molecule has 1 aliphatic rings. The highest BCUT2D eigenvalue weighted by Gasteiger charge is 2.28. The van der Waals surface area contributed by atoms with E-state index in [0.29, 0.717) is 0 Å². The number of amides is 1. The summed E-state index contributed by atoms with van der Waals surface area (Å²) in [6.45, 7) is 7.07. The van der Waals surface area contributed by atoms with Crippen LogP contribution in [0.25, 0.3) is 0 Å². The van der Waals surface area contributed by atoms with Crippen molar-refractivity contribution in [2.24, 2.45) is 5.92 Å². The molecule has 3 rings (SSSR count). The number of aryl methyl sites for hydroxylation is 1. The van der Waals surface area contributed by atoms with E-state index >= 15 is 0 Å². The van der Waals surface area contributed by atoms with Crippen LogP contribution in [0.15, 0.2) is 42.6 Å². The Labute approximate surface area is 154 Å². The van der Waals surface area contributed by atoms with Gasteiger partial charge >= 0.3 is 0 Å². The Morgan fingerprint density at radius 1 is 1.27 bits per heavy atom. The number of nitrogens with one attached hydrogen (secondary N) is 1. The second-order valence-electron chi connectivity index (χ2n) is 6.91. The predicted octanol–water partition coefficient (Wildman–Crippen LogP) is 3.47. The third-order valence-corrected chi connectivity index (χ3v) is 5.22. The number of likely N-dealkylation sites (tertiary alicyclic amines) is 1. The number of carbonyl (C=O) groups excluding carboxylic acids is 1. The standard InChI is InChI=1S/C21H26FN3O/c1-3-25-13-10-17(11-14-25)21(26)24-20(16-6-8-18(22)9-7-16)19-15(2)5-4-12-23-19/h4-9,12,17,20H,3,10-11,13-14H2,1-2H3,(H,24,26). The molecule has 138 valence electrons. The minimum atomic E-state index is -0.367. The molecule has 4 nitrogen and oxygen atoms in total. The quantitative estimate of drug-likeness (QED) is 0.893. The summed E-state index contributed by atoms with van der Waals surface area (Å²) >= 11 is 0. The maximum atomic E-state index is 13.3. The fourth-order valence-electron chi connectivity index (χ4n) is 3.54. The van der Waals surface area contributed by atoms with Crippen LogP contribution in [0.3, 0.4) is 0 Å². The van der Waals surface area contributed by atoms with Crippen molar-refractivity contribution in [3.05, 3.63) is 65.2 Å². The summed E-state index contributed by atoms with van der Waals surface area (Å²) in [5.74, 6) is -0.214. The first-order valence-electron chi connectivity index (χ1n) is 9.28. The minimum Gasteiger partial charge on any atom is -0.343 e. The Morgan fingerprint density at radius 2 is 1.96 bits per heavy atom. The first-order valence-corrected chi connectivity index (χ1v) is 9.28. The van der Waals surface area contributed by atoms with E-state index in [1.165, 1.54) is 12.1 Å². The first-order chi connectivity index (χ1) is 12.6. The van der Waals surface area contributed by atoms with Crippen molar-refractivity contribution in [2.75, 3.05) is 19.6 Å². The number of pyridine rings is 1. The van der Waals surface area contributed by atoms with Crippen molar-refractivity contribution in [2.45, 2.75) is 32.7 Å². The van der Waals surface area contributed by atoms with Gasteiger partial charge in [0.15, 0.2) is 0 Å². The van der Waals surface area contributed by atoms with E-state index in [1.807, 2.05) is 19.1 Å². The summed E-state index contributed by atoms with van der Waals surface area (Å²) < 4.78 is 13.3. The number of carbonyl (C=O) groups is 1. The van der Waals surface area contributed by atoms with Gasteiger partial charge in [-0.15, -0.1) is 0 Å². The van der Waals surface area contributed by atoms with Crippen LogP contribution in [-0.2, 0) is 4.79 Å². The molecule has 0 spiro atoms. The summed E-state index contributed by atoms with van der Waals surface area (Å²) in [7, 11) is 0. The molecule has 2 heterocycles. The lowest BCUT2D eigenvalue weighted by Gasteiger charge is -2.31. The lowest BCUT2D eigenvalue weighted by atomic mass is 9.94. The highest BCUT2D eigenvalue weighted by Crippen LogP contribution is 2.25. The van der Waals surface area contributed by atoms with E-state index in [9.17, 15) is 9.18 Å². The van der Waals surface area contributed by atoms with Crippen molar-refractivity contribution in [1.82, 2.24) is 15.2 Å². The lowest BCUT2D eigenvalue weighted by molar-refractivity contribution is -0.127. The van der Waals surface area contributed by atoms with Crippen LogP contribution >= 0.6 is 0 Å². The van der Waals surface area contributed by atoms with Gasteiger partial charge in [-0.3, -0.25) is 9.78 Å². The van der Waals surface area contributed by atoms with Gasteiger partial charge in [0.25, 0.3) is 0 Å². The van der Waals surface area contributed by atoms with Gasteiger partial charge in [0, 0.05) is 12.1 Å². The molecule has 2 aromatic rings. The lowest BCUT2D eigenvalue weighted by Crippen LogP contribution is -2.41. The van der Waals surface area contributed by atoms with Gasteiger partial charge in [-0.1, -0.05) is 25.1 Å². The topological polar surface area (TPSA) is 45.2 Å². The molecule has 1 amide bonds. The highest BCUT2D eigenvalue weighted by molar-refractivity contribution is 5.79. The maximum Gasteiger partial charge on any atom is 0.224 e. The summed E-state index contributed by atoms with van der Waals surface area (Å²) in [6.07, 6.45) is 3.47. The van der Waals surface area contributed by atoms with E-state index in [2.05, 4.69) is 22.1 Å². The van der Waals surface area contributed by atoms with Gasteiger partial charge in [0.2, 0.25) is 5.91 Å². The summed E-state index contributed by atoms with van der Waals surface area (Å²) in [4.78, 5) is 19.7. The van der Waals surface area contributed by atoms with Crippen LogP contribution in [0.5, 0.6) is 0 Å². The molecule has 1 atom stereocenters. The molecule has 0 aliphatic carbocycles. The van der Waals surface area contributed by atoms with E-state index in [0.717, 1.165) is 49.3 Å². The zero-order valence-corrected chi connectivity index (χ0v) is 15.4. The first kappa shape index (κ1) is 18.5. The molecule has 0 bridgehead atoms. The van der Waals surface area contributed by atoms with Gasteiger partial charge in [-0.05, 0) is 68.7 Å². The molecule has 0 saturated carbocycles. The number of halogens is 1. The fourth-order valence-corrected chi connectivity index (χ4v) is 3.54. The number of benzene rings is 1. The Balaban J connectivity index is 1.81. The molecule has 1 saturated heterocycles. The van der Waals surface area contributed by atoms with Gasteiger partial charge < -0.3 is 10.2 Å². The number of rotatable bonds is 5. The van der Waals surface area contributed by atoms with Gasteiger partial charge in [0.1, 0.15) is 5.82 Å². The SMILES string of the molecule is CCN1CCC(C(=O)NC(c2ccc(F)cc2)c2ncccc2C)CC1. The number of aromatic nitrogens is 1. The summed E-state index contributed by atoms with van der Waals surface area (Å²) in [5, 5.41) is 3.17. The average molecular weight is 355 g/mol. The third kappa shape index (κ3) is 4.28. The molecule has 0 radical (unpaired) electrons. The van der Waals surface area contributed by atoms with Crippen molar-refractivity contribution < 1.29 is 9.18 Å². The van der Waals surface area contributed by atoms with Crippen LogP contribution in [0, 0.1) is 18.7 Å². The molecule has 1 aromatic heterocycles. The normalized spacial score (nSPS) is 17.0.